The maximum absolute atomic E-state index is 12.6. The second-order valence-electron chi connectivity index (χ2n) is 8.02. The Morgan fingerprint density at radius 3 is 2.12 bits per heavy atom. The summed E-state index contributed by atoms with van der Waals surface area (Å²) < 4.78 is 0. The van der Waals surface area contributed by atoms with Gasteiger partial charge in [0.05, 0.1) is 5.41 Å². The highest BCUT2D eigenvalue weighted by Crippen LogP contribution is 2.36. The van der Waals surface area contributed by atoms with Crippen LogP contribution in [-0.2, 0) is 19.8 Å². The van der Waals surface area contributed by atoms with Crippen LogP contribution in [0.2, 0.25) is 0 Å². The minimum absolute atomic E-state index is 0.172. The van der Waals surface area contributed by atoms with E-state index in [1.807, 2.05) is 30.3 Å². The molecule has 0 bridgehead atoms. The van der Waals surface area contributed by atoms with E-state index >= 15 is 0 Å². The number of benzene rings is 1. The van der Waals surface area contributed by atoms with Crippen molar-refractivity contribution in [1.29, 1.82) is 0 Å². The molecule has 0 radical (unpaired) electrons. The standard InChI is InChI=1S/C20H28N2O4/c1-14(21-17(24)19(2,3)4)16(23)22-12-10-20(11-13-22,18(25)26)15-8-6-5-7-9-15/h5-9,14H,10-13H2,1-4H3,(H,21,24)(H,25,26). The maximum atomic E-state index is 12.6. The van der Waals surface area contributed by atoms with Crippen LogP contribution >= 0.6 is 0 Å². The van der Waals surface area contributed by atoms with Gasteiger partial charge in [-0.15, -0.1) is 0 Å². The van der Waals surface area contributed by atoms with Crippen molar-refractivity contribution in [3.05, 3.63) is 35.9 Å². The van der Waals surface area contributed by atoms with Gasteiger partial charge in [-0.3, -0.25) is 14.4 Å². The number of carbonyl (C=O) groups is 3. The SMILES string of the molecule is CC(NC(=O)C(C)(C)C)C(=O)N1CCC(C(=O)O)(c2ccccc2)CC1. The van der Waals surface area contributed by atoms with Crippen molar-refractivity contribution in [2.24, 2.45) is 5.41 Å². The van der Waals surface area contributed by atoms with E-state index in [-0.39, 0.29) is 11.8 Å². The maximum Gasteiger partial charge on any atom is 0.314 e. The molecule has 1 aliphatic rings. The van der Waals surface area contributed by atoms with Crippen molar-refractivity contribution in [2.45, 2.75) is 52.0 Å². The summed E-state index contributed by atoms with van der Waals surface area (Å²) in [6.07, 6.45) is 0.718. The van der Waals surface area contributed by atoms with Crippen molar-refractivity contribution in [3.63, 3.8) is 0 Å². The summed E-state index contributed by atoms with van der Waals surface area (Å²) in [4.78, 5) is 38.4. The van der Waals surface area contributed by atoms with Crippen molar-refractivity contribution in [2.75, 3.05) is 13.1 Å². The van der Waals surface area contributed by atoms with Crippen LogP contribution in [-0.4, -0.2) is 46.9 Å². The smallest absolute Gasteiger partial charge is 0.314 e. The van der Waals surface area contributed by atoms with Gasteiger partial charge in [0.1, 0.15) is 6.04 Å². The molecule has 1 unspecified atom stereocenters. The number of carboxylic acids is 1. The highest BCUT2D eigenvalue weighted by atomic mass is 16.4. The van der Waals surface area contributed by atoms with Crippen molar-refractivity contribution in [1.82, 2.24) is 10.2 Å². The Morgan fingerprint density at radius 2 is 1.65 bits per heavy atom. The lowest BCUT2D eigenvalue weighted by molar-refractivity contribution is -0.149. The molecule has 1 heterocycles. The molecular weight excluding hydrogens is 332 g/mol. The summed E-state index contributed by atoms with van der Waals surface area (Å²) in [5, 5.41) is 12.6. The Hall–Kier alpha value is -2.37. The van der Waals surface area contributed by atoms with E-state index in [1.165, 1.54) is 0 Å². The highest BCUT2D eigenvalue weighted by Gasteiger charge is 2.44. The summed E-state index contributed by atoms with van der Waals surface area (Å²) >= 11 is 0. The zero-order chi connectivity index (χ0) is 19.5. The number of nitrogens with one attached hydrogen (secondary N) is 1. The van der Waals surface area contributed by atoms with E-state index < -0.39 is 22.8 Å². The summed E-state index contributed by atoms with van der Waals surface area (Å²) in [6.45, 7) is 7.76. The molecule has 6 nitrogen and oxygen atoms in total. The predicted octanol–water partition coefficient (Wildman–Crippen LogP) is 2.18. The van der Waals surface area contributed by atoms with Crippen LogP contribution in [0, 0.1) is 5.41 Å². The quantitative estimate of drug-likeness (QED) is 0.862. The molecule has 1 aromatic rings. The van der Waals surface area contributed by atoms with Gasteiger partial charge in [0, 0.05) is 18.5 Å². The Labute approximate surface area is 154 Å². The molecule has 142 valence electrons. The predicted molar refractivity (Wildman–Crippen MR) is 98.6 cm³/mol. The van der Waals surface area contributed by atoms with Crippen molar-refractivity contribution < 1.29 is 19.5 Å². The molecule has 0 aliphatic carbocycles. The number of hydrogen-bond donors (Lipinski definition) is 2. The Kier molecular flexibility index (Phi) is 5.74. The van der Waals surface area contributed by atoms with Crippen LogP contribution in [0.1, 0.15) is 46.1 Å². The lowest BCUT2D eigenvalue weighted by Crippen LogP contribution is -2.54. The monoisotopic (exact) mass is 360 g/mol. The molecule has 26 heavy (non-hydrogen) atoms. The first-order chi connectivity index (χ1) is 12.1. The van der Waals surface area contributed by atoms with Crippen molar-refractivity contribution >= 4 is 17.8 Å². The van der Waals surface area contributed by atoms with Crippen LogP contribution in [0.3, 0.4) is 0 Å². The van der Waals surface area contributed by atoms with E-state index in [1.54, 1.807) is 32.6 Å². The van der Waals surface area contributed by atoms with Crippen LogP contribution in [0.15, 0.2) is 30.3 Å². The molecular formula is C20H28N2O4. The fourth-order valence-electron chi connectivity index (χ4n) is 3.24. The van der Waals surface area contributed by atoms with Gasteiger partial charge in [0.2, 0.25) is 11.8 Å². The molecule has 6 heteroatoms. The van der Waals surface area contributed by atoms with E-state index in [0.717, 1.165) is 5.56 Å². The lowest BCUT2D eigenvalue weighted by atomic mass is 9.72. The molecule has 0 saturated carbocycles. The zero-order valence-corrected chi connectivity index (χ0v) is 15.9. The third-order valence-corrected chi connectivity index (χ3v) is 5.06. The Bertz CT molecular complexity index is 671. The molecule has 2 rings (SSSR count). The van der Waals surface area contributed by atoms with Gasteiger partial charge in [-0.25, -0.2) is 0 Å². The molecule has 1 aliphatic heterocycles. The Balaban J connectivity index is 2.05. The number of likely N-dealkylation sites (tertiary alicyclic amines) is 1. The number of aliphatic carboxylic acids is 1. The number of hydrogen-bond acceptors (Lipinski definition) is 3. The number of carboxylic acid groups (broad SMARTS) is 1. The number of amides is 2. The van der Waals surface area contributed by atoms with Crippen LogP contribution in [0.5, 0.6) is 0 Å². The van der Waals surface area contributed by atoms with Gasteiger partial charge in [0.25, 0.3) is 0 Å². The highest BCUT2D eigenvalue weighted by molar-refractivity contribution is 5.89. The van der Waals surface area contributed by atoms with Gasteiger partial charge in [-0.05, 0) is 25.3 Å². The first-order valence-corrected chi connectivity index (χ1v) is 8.96. The van der Waals surface area contributed by atoms with Gasteiger partial charge in [-0.1, -0.05) is 51.1 Å². The average molecular weight is 360 g/mol. The molecule has 1 atom stereocenters. The first kappa shape index (κ1) is 19.9. The Morgan fingerprint density at radius 1 is 1.12 bits per heavy atom. The van der Waals surface area contributed by atoms with E-state index in [9.17, 15) is 19.5 Å². The third kappa shape index (κ3) is 4.06. The molecule has 1 saturated heterocycles. The number of nitrogens with zero attached hydrogens (tertiary/aromatic N) is 1. The van der Waals surface area contributed by atoms with Gasteiger partial charge in [0.15, 0.2) is 0 Å². The summed E-state index contributed by atoms with van der Waals surface area (Å²) in [5.41, 5.74) is -0.758. The largest absolute Gasteiger partial charge is 0.481 e. The van der Waals surface area contributed by atoms with Gasteiger partial charge < -0.3 is 15.3 Å². The van der Waals surface area contributed by atoms with E-state index in [0.29, 0.717) is 25.9 Å². The zero-order valence-electron chi connectivity index (χ0n) is 15.9. The van der Waals surface area contributed by atoms with Crippen LogP contribution in [0.4, 0.5) is 0 Å². The molecule has 2 N–H and O–H groups in total. The third-order valence-electron chi connectivity index (χ3n) is 5.06. The fourth-order valence-corrected chi connectivity index (χ4v) is 3.24. The second-order valence-corrected chi connectivity index (χ2v) is 8.02. The van der Waals surface area contributed by atoms with Gasteiger partial charge >= 0.3 is 5.97 Å². The molecule has 2 amide bonds. The van der Waals surface area contributed by atoms with E-state index in [2.05, 4.69) is 5.32 Å². The lowest BCUT2D eigenvalue weighted by Gasteiger charge is -2.40. The normalized spacial score (nSPS) is 18.1. The summed E-state index contributed by atoms with van der Waals surface area (Å²) in [6, 6.07) is 8.56. The minimum atomic E-state index is -0.962. The fraction of sp³-hybridized carbons (Fsp3) is 0.550. The number of piperidine rings is 1. The van der Waals surface area contributed by atoms with E-state index in [4.69, 9.17) is 0 Å². The topological polar surface area (TPSA) is 86.7 Å². The molecule has 1 aromatic carbocycles. The molecule has 0 aromatic heterocycles. The number of carbonyl (C=O) groups excluding carboxylic acids is 2. The van der Waals surface area contributed by atoms with Crippen LogP contribution < -0.4 is 5.32 Å². The minimum Gasteiger partial charge on any atom is -0.481 e. The summed E-state index contributed by atoms with van der Waals surface area (Å²) in [5.74, 6) is -1.21. The van der Waals surface area contributed by atoms with Crippen LogP contribution in [0.25, 0.3) is 0 Å². The first-order valence-electron chi connectivity index (χ1n) is 8.96. The second kappa shape index (κ2) is 7.48. The van der Waals surface area contributed by atoms with Gasteiger partial charge in [-0.2, -0.15) is 0 Å². The number of rotatable bonds is 4. The summed E-state index contributed by atoms with van der Waals surface area (Å²) in [7, 11) is 0. The van der Waals surface area contributed by atoms with Crippen molar-refractivity contribution in [3.8, 4) is 0 Å². The molecule has 0 spiro atoms. The average Bonchev–Trinajstić information content (AvgIpc) is 2.60. The molecule has 1 fully saturated rings.